The summed E-state index contributed by atoms with van der Waals surface area (Å²) >= 11 is 7.02. The summed E-state index contributed by atoms with van der Waals surface area (Å²) in [6, 6.07) is 10.6. The number of thioether (sulfide) groups is 1. The molecule has 1 atom stereocenters. The highest BCUT2D eigenvalue weighted by Gasteiger charge is 2.37. The highest BCUT2D eigenvalue weighted by Crippen LogP contribution is 2.38. The summed E-state index contributed by atoms with van der Waals surface area (Å²) in [5.41, 5.74) is -0.0251. The predicted octanol–water partition coefficient (Wildman–Crippen LogP) is 4.71. The minimum absolute atomic E-state index is 0.0556. The number of amides is 2. The first-order valence-electron chi connectivity index (χ1n) is 7.18. The van der Waals surface area contributed by atoms with Crippen molar-refractivity contribution in [3.05, 3.63) is 64.7 Å². The second-order valence-electron chi connectivity index (χ2n) is 5.35. The Morgan fingerprint density at radius 2 is 1.60 bits per heavy atom. The molecular formula is C17H11ClF3NO2S. The standard InChI is InChI=1S/C17H11ClF3NO2S/c18-12-5-1-10(2-6-12)15-16(24)22(14(23)9-25-15)13-7-3-11(4-8-13)17(19,20)21/h1-8,15H,9H2/t15-/m1/s1. The molecule has 0 aromatic heterocycles. The molecule has 0 radical (unpaired) electrons. The van der Waals surface area contributed by atoms with E-state index in [2.05, 4.69) is 0 Å². The summed E-state index contributed by atoms with van der Waals surface area (Å²) in [4.78, 5) is 25.8. The zero-order valence-electron chi connectivity index (χ0n) is 12.6. The summed E-state index contributed by atoms with van der Waals surface area (Å²) in [7, 11) is 0. The van der Waals surface area contributed by atoms with Gasteiger partial charge in [0.15, 0.2) is 0 Å². The first-order chi connectivity index (χ1) is 11.8. The molecule has 25 heavy (non-hydrogen) atoms. The molecular weight excluding hydrogens is 375 g/mol. The lowest BCUT2D eigenvalue weighted by Crippen LogP contribution is -2.44. The van der Waals surface area contributed by atoms with Crippen LogP contribution in [-0.4, -0.2) is 17.6 Å². The lowest BCUT2D eigenvalue weighted by atomic mass is 10.1. The summed E-state index contributed by atoms with van der Waals surface area (Å²) in [5, 5.41) is -0.0926. The van der Waals surface area contributed by atoms with E-state index in [0.717, 1.165) is 29.2 Å². The number of anilines is 1. The van der Waals surface area contributed by atoms with E-state index < -0.39 is 28.8 Å². The molecule has 0 aliphatic carbocycles. The molecule has 0 saturated carbocycles. The van der Waals surface area contributed by atoms with Crippen molar-refractivity contribution in [3.63, 3.8) is 0 Å². The number of alkyl halides is 3. The molecule has 1 saturated heterocycles. The Morgan fingerprint density at radius 1 is 1.00 bits per heavy atom. The molecule has 0 unspecified atom stereocenters. The number of carbonyl (C=O) groups is 2. The molecule has 0 bridgehead atoms. The summed E-state index contributed by atoms with van der Waals surface area (Å²) in [5.74, 6) is -0.886. The molecule has 2 aromatic rings. The van der Waals surface area contributed by atoms with Crippen molar-refractivity contribution < 1.29 is 22.8 Å². The van der Waals surface area contributed by atoms with Crippen LogP contribution in [0.1, 0.15) is 16.4 Å². The highest BCUT2D eigenvalue weighted by molar-refractivity contribution is 8.01. The number of hydrogen-bond donors (Lipinski definition) is 0. The van der Waals surface area contributed by atoms with Crippen LogP contribution < -0.4 is 4.90 Å². The van der Waals surface area contributed by atoms with Crippen molar-refractivity contribution in [2.75, 3.05) is 10.7 Å². The fourth-order valence-electron chi connectivity index (χ4n) is 2.48. The van der Waals surface area contributed by atoms with Crippen molar-refractivity contribution in [1.82, 2.24) is 0 Å². The van der Waals surface area contributed by atoms with Crippen molar-refractivity contribution in [2.45, 2.75) is 11.4 Å². The maximum Gasteiger partial charge on any atom is 0.416 e. The summed E-state index contributed by atoms with van der Waals surface area (Å²) in [6.45, 7) is 0. The van der Waals surface area contributed by atoms with Gasteiger partial charge in [-0.1, -0.05) is 23.7 Å². The average Bonchev–Trinajstić information content (AvgIpc) is 2.56. The maximum atomic E-state index is 12.7. The van der Waals surface area contributed by atoms with Crippen LogP contribution in [0.5, 0.6) is 0 Å². The van der Waals surface area contributed by atoms with Crippen LogP contribution in [0.4, 0.5) is 18.9 Å². The van der Waals surface area contributed by atoms with Gasteiger partial charge in [0.1, 0.15) is 5.25 Å². The van der Waals surface area contributed by atoms with Gasteiger partial charge in [-0.2, -0.15) is 13.2 Å². The third kappa shape index (κ3) is 3.67. The quantitative estimate of drug-likeness (QED) is 0.703. The van der Waals surface area contributed by atoms with Gasteiger partial charge in [0.2, 0.25) is 5.91 Å². The minimum Gasteiger partial charge on any atom is -0.273 e. The fraction of sp³-hybridized carbons (Fsp3) is 0.176. The van der Waals surface area contributed by atoms with E-state index in [1.54, 1.807) is 24.3 Å². The lowest BCUT2D eigenvalue weighted by Gasteiger charge is -2.30. The van der Waals surface area contributed by atoms with Crippen molar-refractivity contribution >= 4 is 40.9 Å². The molecule has 8 heteroatoms. The zero-order chi connectivity index (χ0) is 18.2. The van der Waals surface area contributed by atoms with Gasteiger partial charge < -0.3 is 0 Å². The average molecular weight is 386 g/mol. The molecule has 2 aromatic carbocycles. The van der Waals surface area contributed by atoms with Crippen LogP contribution in [0.15, 0.2) is 48.5 Å². The number of hydrogen-bond acceptors (Lipinski definition) is 3. The molecule has 3 rings (SSSR count). The predicted molar refractivity (Wildman–Crippen MR) is 90.6 cm³/mol. The Hall–Kier alpha value is -1.99. The van der Waals surface area contributed by atoms with Gasteiger partial charge in [-0.3, -0.25) is 9.59 Å². The van der Waals surface area contributed by atoms with E-state index in [1.807, 2.05) is 0 Å². The molecule has 1 aliphatic heterocycles. The van der Waals surface area contributed by atoms with E-state index >= 15 is 0 Å². The Bertz CT molecular complexity index is 806. The monoisotopic (exact) mass is 385 g/mol. The number of carbonyl (C=O) groups excluding carboxylic acids is 2. The zero-order valence-corrected chi connectivity index (χ0v) is 14.2. The van der Waals surface area contributed by atoms with E-state index in [0.29, 0.717) is 10.6 Å². The number of nitrogens with zero attached hydrogens (tertiary/aromatic N) is 1. The van der Waals surface area contributed by atoms with E-state index in [1.165, 1.54) is 11.8 Å². The summed E-state index contributed by atoms with van der Waals surface area (Å²) < 4.78 is 38.0. The van der Waals surface area contributed by atoms with Crippen LogP contribution in [0.3, 0.4) is 0 Å². The Kier molecular flexibility index (Phi) is 4.79. The van der Waals surface area contributed by atoms with E-state index in [4.69, 9.17) is 11.6 Å². The second kappa shape index (κ2) is 6.72. The largest absolute Gasteiger partial charge is 0.416 e. The topological polar surface area (TPSA) is 37.4 Å². The van der Waals surface area contributed by atoms with Gasteiger partial charge in [-0.15, -0.1) is 11.8 Å². The number of benzene rings is 2. The highest BCUT2D eigenvalue weighted by atomic mass is 35.5. The molecule has 0 N–H and O–H groups in total. The SMILES string of the molecule is O=C1CS[C@H](c2ccc(Cl)cc2)C(=O)N1c1ccc(C(F)(F)F)cc1. The van der Waals surface area contributed by atoms with Gasteiger partial charge in [0.25, 0.3) is 5.91 Å². The molecule has 3 nitrogen and oxygen atoms in total. The van der Waals surface area contributed by atoms with Crippen molar-refractivity contribution in [1.29, 1.82) is 0 Å². The van der Waals surface area contributed by atoms with E-state index in [-0.39, 0.29) is 11.4 Å². The first kappa shape index (κ1) is 17.8. The number of halogens is 4. The molecule has 1 fully saturated rings. The van der Waals surface area contributed by atoms with Crippen LogP contribution in [0.2, 0.25) is 5.02 Å². The molecule has 1 heterocycles. The molecule has 1 aliphatic rings. The maximum absolute atomic E-state index is 12.7. The summed E-state index contributed by atoms with van der Waals surface area (Å²) in [6.07, 6.45) is -4.48. The van der Waals surface area contributed by atoms with Crippen molar-refractivity contribution in [3.8, 4) is 0 Å². The third-order valence-corrected chi connectivity index (χ3v) is 5.17. The van der Waals surface area contributed by atoms with Crippen LogP contribution in [-0.2, 0) is 15.8 Å². The van der Waals surface area contributed by atoms with Crippen LogP contribution in [0.25, 0.3) is 0 Å². The Morgan fingerprint density at radius 3 is 2.16 bits per heavy atom. The molecule has 0 spiro atoms. The number of imide groups is 1. The van der Waals surface area contributed by atoms with E-state index in [9.17, 15) is 22.8 Å². The molecule has 130 valence electrons. The Labute approximate surface area is 150 Å². The number of rotatable bonds is 2. The normalized spacial score (nSPS) is 18.6. The van der Waals surface area contributed by atoms with Gasteiger partial charge in [-0.25, -0.2) is 4.90 Å². The first-order valence-corrected chi connectivity index (χ1v) is 8.61. The Balaban J connectivity index is 1.90. The van der Waals surface area contributed by atoms with Crippen molar-refractivity contribution in [2.24, 2.45) is 0 Å². The van der Waals surface area contributed by atoms with Gasteiger partial charge in [0.05, 0.1) is 17.0 Å². The second-order valence-corrected chi connectivity index (χ2v) is 6.88. The van der Waals surface area contributed by atoms with Gasteiger partial charge in [0, 0.05) is 5.02 Å². The van der Waals surface area contributed by atoms with Crippen LogP contribution >= 0.6 is 23.4 Å². The molecule has 2 amide bonds. The fourth-order valence-corrected chi connectivity index (χ4v) is 3.64. The smallest absolute Gasteiger partial charge is 0.273 e. The lowest BCUT2D eigenvalue weighted by molar-refractivity contribution is -0.137. The van der Waals surface area contributed by atoms with Crippen LogP contribution in [0, 0.1) is 0 Å². The van der Waals surface area contributed by atoms with Gasteiger partial charge >= 0.3 is 6.18 Å². The third-order valence-electron chi connectivity index (χ3n) is 3.69. The minimum atomic E-state index is -4.48. The van der Waals surface area contributed by atoms with Gasteiger partial charge in [-0.05, 0) is 42.0 Å².